The number of hydrogen-bond donors (Lipinski definition) is 4. The highest BCUT2D eigenvalue weighted by molar-refractivity contribution is 7.86. The van der Waals surface area contributed by atoms with Crippen LogP contribution in [0.3, 0.4) is 0 Å². The molecule has 25 heteroatoms. The van der Waals surface area contributed by atoms with E-state index in [4.69, 9.17) is 16.4 Å². The Morgan fingerprint density at radius 2 is 1.37 bits per heavy atom. The molecule has 1 aliphatic carbocycles. The van der Waals surface area contributed by atoms with E-state index < -0.39 is 86.3 Å². The first-order valence-corrected chi connectivity index (χ1v) is 32.3. The Kier molecular flexibility index (Phi) is 18.4. The summed E-state index contributed by atoms with van der Waals surface area (Å²) >= 11 is 7.33. The number of anilines is 2. The Morgan fingerprint density at radius 3 is 2.00 bits per heavy atom. The largest absolute Gasteiger partial charge is 0.371 e. The van der Waals surface area contributed by atoms with Crippen molar-refractivity contribution >= 4 is 103 Å². The van der Waals surface area contributed by atoms with Gasteiger partial charge in [-0.1, -0.05) is 56.2 Å². The second kappa shape index (κ2) is 23.8. The number of allylic oxidation sites excluding steroid dienone is 8. The van der Waals surface area contributed by atoms with Crippen molar-refractivity contribution in [3.05, 3.63) is 106 Å². The summed E-state index contributed by atoms with van der Waals surface area (Å²) in [6.45, 7) is 9.12. The number of fused-ring (bicyclic) bond motifs is 4. The highest BCUT2D eigenvalue weighted by atomic mass is 35.5. The maximum absolute atomic E-state index is 12.6. The minimum atomic E-state index is -4.48. The van der Waals surface area contributed by atoms with Gasteiger partial charge in [-0.15, -0.1) is 5.06 Å². The van der Waals surface area contributed by atoms with E-state index in [0.717, 1.165) is 56.9 Å². The zero-order chi connectivity index (χ0) is 57.2. The third kappa shape index (κ3) is 14.5. The molecule has 0 unspecified atom stereocenters. The fourth-order valence-electron chi connectivity index (χ4n) is 10.8. The number of imide groups is 1. The van der Waals surface area contributed by atoms with Crippen LogP contribution in [0.25, 0.3) is 10.8 Å². The Hall–Kier alpha value is -5.31. The van der Waals surface area contributed by atoms with Crippen molar-refractivity contribution in [2.45, 2.75) is 120 Å². The number of carbonyl (C=O) groups is 3. The van der Waals surface area contributed by atoms with Crippen molar-refractivity contribution in [3.63, 3.8) is 0 Å². The van der Waals surface area contributed by atoms with Crippen molar-refractivity contribution in [1.82, 2.24) is 5.06 Å². The molecule has 1 fully saturated rings. The molecule has 0 saturated carbocycles. The van der Waals surface area contributed by atoms with E-state index in [1.54, 1.807) is 17.0 Å². The Morgan fingerprint density at radius 1 is 0.731 bits per heavy atom. The van der Waals surface area contributed by atoms with E-state index >= 15 is 0 Å². The second-order valence-electron chi connectivity index (χ2n) is 21.0. The van der Waals surface area contributed by atoms with Gasteiger partial charge < -0.3 is 14.6 Å². The fraction of sp³-hybridized carbons (Fsp3) is 0.472. The van der Waals surface area contributed by atoms with Crippen molar-refractivity contribution in [2.75, 3.05) is 53.2 Å². The summed E-state index contributed by atoms with van der Waals surface area (Å²) < 4.78 is 135. The van der Waals surface area contributed by atoms with E-state index in [0.29, 0.717) is 59.8 Å². The number of amides is 2. The summed E-state index contributed by atoms with van der Waals surface area (Å²) in [6.07, 6.45) is 11.8. The summed E-state index contributed by atoms with van der Waals surface area (Å²) in [4.78, 5) is 45.3. The van der Waals surface area contributed by atoms with Gasteiger partial charge in [-0.05, 0) is 123 Å². The SMILES string of the molecule is CC1(C)C(/C=C/C2=C(Cl)C(=C/C=C3/N(CCCCCC(=O)ON4C(=O)CCC4=O)c4ccc5cc(S(=O)(=O)O)ccc5c4C3(C)C)/CCC2)=[N+](CCCS(=O)(=O)O)c2ccc(N(CCCS(=O)(=O)O)CCCS(=O)(=O)O)cc21. The quantitative estimate of drug-likeness (QED) is 0.0285. The van der Waals surface area contributed by atoms with E-state index in [2.05, 4.69) is 18.7 Å². The van der Waals surface area contributed by atoms with Crippen LogP contribution in [-0.4, -0.2) is 128 Å². The van der Waals surface area contributed by atoms with E-state index in [9.17, 15) is 66.3 Å². The number of carbonyl (C=O) groups excluding carboxylic acids is 3. The van der Waals surface area contributed by atoms with Crippen LogP contribution in [0.15, 0.2) is 99.6 Å². The molecule has 0 radical (unpaired) electrons. The molecule has 4 aliphatic rings. The van der Waals surface area contributed by atoms with E-state index in [-0.39, 0.29) is 63.1 Å². The highest BCUT2D eigenvalue weighted by Crippen LogP contribution is 2.51. The van der Waals surface area contributed by atoms with Crippen LogP contribution < -0.4 is 9.80 Å². The van der Waals surface area contributed by atoms with Crippen LogP contribution in [0.2, 0.25) is 0 Å². The molecule has 78 heavy (non-hydrogen) atoms. The molecule has 7 rings (SSSR count). The number of hydroxylamine groups is 2. The van der Waals surface area contributed by atoms with E-state index in [1.165, 1.54) is 12.1 Å². The molecule has 3 aromatic carbocycles. The minimum Gasteiger partial charge on any atom is -0.371 e. The lowest BCUT2D eigenvalue weighted by Crippen LogP contribution is -2.32. The van der Waals surface area contributed by atoms with Gasteiger partial charge >= 0.3 is 5.97 Å². The van der Waals surface area contributed by atoms with Gasteiger partial charge in [-0.2, -0.15) is 38.2 Å². The second-order valence-corrected chi connectivity index (χ2v) is 27.5. The summed E-state index contributed by atoms with van der Waals surface area (Å²) in [5.41, 5.74) is 6.07. The molecule has 4 N–H and O–H groups in total. The first-order chi connectivity index (χ1) is 36.4. The summed E-state index contributed by atoms with van der Waals surface area (Å²) in [5.74, 6) is -3.31. The maximum Gasteiger partial charge on any atom is 0.333 e. The predicted octanol–water partition coefficient (Wildman–Crippen LogP) is 8.11. The summed E-state index contributed by atoms with van der Waals surface area (Å²) in [7, 11) is -17.3. The summed E-state index contributed by atoms with van der Waals surface area (Å²) in [6, 6.07) is 13.8. The lowest BCUT2D eigenvalue weighted by Gasteiger charge is -2.27. The number of rotatable bonds is 24. The van der Waals surface area contributed by atoms with Crippen LogP contribution in [0.5, 0.6) is 0 Å². The number of halogens is 1. The molecule has 0 aromatic heterocycles. The monoisotopic (exact) mass is 1180 g/mol. The smallest absolute Gasteiger partial charge is 0.333 e. The van der Waals surface area contributed by atoms with Crippen LogP contribution >= 0.6 is 11.6 Å². The van der Waals surface area contributed by atoms with Crippen molar-refractivity contribution in [2.24, 2.45) is 0 Å². The van der Waals surface area contributed by atoms with Gasteiger partial charge in [0.2, 0.25) is 5.69 Å². The number of nitrogens with zero attached hydrogens (tertiary/aromatic N) is 4. The normalized spacial score (nSPS) is 18.8. The first-order valence-electron chi connectivity index (χ1n) is 25.6. The predicted molar refractivity (Wildman–Crippen MR) is 296 cm³/mol. The number of benzene rings is 3. The molecule has 20 nitrogen and oxygen atoms in total. The average molecular weight is 1180 g/mol. The van der Waals surface area contributed by atoms with Crippen LogP contribution in [0, 0.1) is 0 Å². The third-order valence-electron chi connectivity index (χ3n) is 14.6. The molecule has 0 spiro atoms. The van der Waals surface area contributed by atoms with Gasteiger partial charge in [0.1, 0.15) is 6.54 Å². The van der Waals surface area contributed by atoms with Gasteiger partial charge in [0.25, 0.3) is 52.3 Å². The molecule has 2 amide bonds. The number of hydrogen-bond acceptors (Lipinski definition) is 14. The van der Waals surface area contributed by atoms with Crippen LogP contribution in [0.4, 0.5) is 17.1 Å². The topological polar surface area (TPSA) is 291 Å². The van der Waals surface area contributed by atoms with Crippen molar-refractivity contribution < 1.29 is 75.7 Å². The lowest BCUT2D eigenvalue weighted by atomic mass is 9.80. The third-order valence-corrected chi connectivity index (χ3v) is 18.4. The van der Waals surface area contributed by atoms with Gasteiger partial charge in [0.15, 0.2) is 5.71 Å². The molecule has 424 valence electrons. The molecule has 3 aromatic rings. The molecule has 0 atom stereocenters. The minimum absolute atomic E-state index is 0.000242. The molecular weight excluding hydrogens is 1110 g/mol. The standard InChI is InChI=1S/C53H65ClN4O16S4/c1-52(2)42-35-39(55(27-9-31-75(62,63)64)28-10-32-76(65,66)67)18-22-43(42)56(30-11-33-77(68,69)70)45(52)23-16-36-12-8-13-37(51(36)54)17-24-46-53(3,4)50-41-20-19-40(78(71,72)73)34-38(41)15-21-44(50)57(46)29-7-5-6-14-49(61)74-58-47(59)25-26-48(58)60/h15-24,34-35H,5-14,25-33H2,1-4H3,(H3-,62,63,64,65,66,67,68,69,70,71,72,73)/p+1. The van der Waals surface area contributed by atoms with E-state index in [1.807, 2.05) is 67.0 Å². The lowest BCUT2D eigenvalue weighted by molar-refractivity contribution is -0.437. The Balaban J connectivity index is 1.19. The fourth-order valence-corrected chi connectivity index (χ4v) is 13.1. The van der Waals surface area contributed by atoms with Gasteiger partial charge in [-0.25, -0.2) is 4.79 Å². The van der Waals surface area contributed by atoms with Gasteiger partial charge in [0.05, 0.1) is 27.6 Å². The summed E-state index contributed by atoms with van der Waals surface area (Å²) in [5, 5.41) is 2.49. The average Bonchev–Trinajstić information content (AvgIpc) is 4.07. The Labute approximate surface area is 461 Å². The Bertz CT molecular complexity index is 3480. The molecule has 3 heterocycles. The van der Waals surface area contributed by atoms with Crippen LogP contribution in [0.1, 0.15) is 116 Å². The number of unbranched alkanes of at least 4 members (excludes halogenated alkanes) is 2. The maximum atomic E-state index is 12.6. The zero-order valence-corrected chi connectivity index (χ0v) is 47.9. The molecule has 0 bridgehead atoms. The first kappa shape index (κ1) is 60.3. The molecule has 1 saturated heterocycles. The molecule has 3 aliphatic heterocycles. The van der Waals surface area contributed by atoms with Crippen molar-refractivity contribution in [1.29, 1.82) is 0 Å². The van der Waals surface area contributed by atoms with Gasteiger partial charge in [0, 0.05) is 90.5 Å². The highest BCUT2D eigenvalue weighted by Gasteiger charge is 2.45. The van der Waals surface area contributed by atoms with Gasteiger partial charge in [-0.3, -0.25) is 27.8 Å². The van der Waals surface area contributed by atoms with Crippen LogP contribution in [-0.2, 0) is 70.5 Å². The zero-order valence-electron chi connectivity index (χ0n) is 43.9. The van der Waals surface area contributed by atoms with Crippen molar-refractivity contribution in [3.8, 4) is 0 Å². The molecular formula is C53H66ClN4O16S4+.